The maximum absolute atomic E-state index is 11.5. The highest BCUT2D eigenvalue weighted by Gasteiger charge is 2.24. The van der Waals surface area contributed by atoms with E-state index in [-0.39, 0.29) is 24.4 Å². The van der Waals surface area contributed by atoms with Crippen molar-refractivity contribution in [1.29, 1.82) is 0 Å². The molecule has 0 saturated carbocycles. The molecule has 0 saturated heterocycles. The van der Waals surface area contributed by atoms with Crippen molar-refractivity contribution in [1.82, 2.24) is 10.6 Å². The highest BCUT2D eigenvalue weighted by Crippen LogP contribution is 2.11. The zero-order chi connectivity index (χ0) is 13.6. The Morgan fingerprint density at radius 3 is 2.18 bits per heavy atom. The molecule has 0 spiro atoms. The Labute approximate surface area is 104 Å². The fraction of sp³-hybridized carbons (Fsp3) is 0.833. The van der Waals surface area contributed by atoms with Crippen LogP contribution in [0.2, 0.25) is 0 Å². The van der Waals surface area contributed by atoms with Crippen molar-refractivity contribution in [3.8, 4) is 0 Å². The van der Waals surface area contributed by atoms with Gasteiger partial charge in [0, 0.05) is 12.6 Å². The predicted octanol–water partition coefficient (Wildman–Crippen LogP) is 0.248. The number of hydrogen-bond donors (Lipinski definition) is 3. The highest BCUT2D eigenvalue weighted by molar-refractivity contribution is 5.80. The molecule has 1 atom stereocenters. The largest absolute Gasteiger partial charge is 0.369 e. The molecule has 0 bridgehead atoms. The van der Waals surface area contributed by atoms with Crippen LogP contribution in [0.4, 0.5) is 0 Å². The molecule has 0 fully saturated rings. The Balaban J connectivity index is 3.91. The number of nitrogens with two attached hydrogens (primary N) is 1. The third-order valence-electron chi connectivity index (χ3n) is 2.91. The molecule has 5 heteroatoms. The SMILES string of the molecule is CC(C)C(C)NC(=O)CNCC(C)(C)C(N)=O. The summed E-state index contributed by atoms with van der Waals surface area (Å²) in [5.74, 6) is -0.0339. The van der Waals surface area contributed by atoms with Gasteiger partial charge in [-0.1, -0.05) is 13.8 Å². The van der Waals surface area contributed by atoms with Crippen molar-refractivity contribution < 1.29 is 9.59 Å². The van der Waals surface area contributed by atoms with Gasteiger partial charge in [-0.25, -0.2) is 0 Å². The lowest BCUT2D eigenvalue weighted by Crippen LogP contribution is -2.45. The van der Waals surface area contributed by atoms with E-state index in [0.29, 0.717) is 12.5 Å². The lowest BCUT2D eigenvalue weighted by molar-refractivity contribution is -0.126. The van der Waals surface area contributed by atoms with E-state index >= 15 is 0 Å². The highest BCUT2D eigenvalue weighted by atomic mass is 16.2. The number of carbonyl (C=O) groups excluding carboxylic acids is 2. The molecule has 100 valence electrons. The van der Waals surface area contributed by atoms with E-state index in [1.54, 1.807) is 13.8 Å². The molecule has 0 aliphatic rings. The van der Waals surface area contributed by atoms with Gasteiger partial charge in [0.15, 0.2) is 0 Å². The first-order valence-electron chi connectivity index (χ1n) is 5.97. The second-order valence-corrected chi connectivity index (χ2v) is 5.45. The minimum absolute atomic E-state index is 0.0635. The van der Waals surface area contributed by atoms with Crippen LogP contribution >= 0.6 is 0 Å². The molecule has 17 heavy (non-hydrogen) atoms. The second-order valence-electron chi connectivity index (χ2n) is 5.45. The van der Waals surface area contributed by atoms with Gasteiger partial charge in [-0.2, -0.15) is 0 Å². The van der Waals surface area contributed by atoms with Crippen LogP contribution in [0.5, 0.6) is 0 Å². The van der Waals surface area contributed by atoms with Crippen LogP contribution in [-0.2, 0) is 9.59 Å². The van der Waals surface area contributed by atoms with E-state index in [4.69, 9.17) is 5.73 Å². The molecule has 2 amide bonds. The molecular weight excluding hydrogens is 218 g/mol. The lowest BCUT2D eigenvalue weighted by Gasteiger charge is -2.21. The van der Waals surface area contributed by atoms with Gasteiger partial charge >= 0.3 is 0 Å². The first-order chi connectivity index (χ1) is 7.66. The molecule has 5 nitrogen and oxygen atoms in total. The third-order valence-corrected chi connectivity index (χ3v) is 2.91. The smallest absolute Gasteiger partial charge is 0.234 e. The van der Waals surface area contributed by atoms with Crippen LogP contribution in [0.15, 0.2) is 0 Å². The second kappa shape index (κ2) is 6.59. The molecule has 0 aliphatic heterocycles. The summed E-state index contributed by atoms with van der Waals surface area (Å²) < 4.78 is 0. The first kappa shape index (κ1) is 15.9. The fourth-order valence-electron chi connectivity index (χ4n) is 1.05. The molecule has 0 aromatic rings. The summed E-state index contributed by atoms with van der Waals surface area (Å²) in [4.78, 5) is 22.6. The molecular formula is C12H25N3O2. The Morgan fingerprint density at radius 1 is 1.24 bits per heavy atom. The summed E-state index contributed by atoms with van der Waals surface area (Å²) in [7, 11) is 0. The average molecular weight is 243 g/mol. The molecule has 0 rings (SSSR count). The molecule has 0 radical (unpaired) electrons. The summed E-state index contributed by atoms with van der Waals surface area (Å²) in [5.41, 5.74) is 4.59. The van der Waals surface area contributed by atoms with Gasteiger partial charge in [0.2, 0.25) is 11.8 Å². The maximum atomic E-state index is 11.5. The number of nitrogens with one attached hydrogen (secondary N) is 2. The molecule has 1 unspecified atom stereocenters. The minimum atomic E-state index is -0.635. The van der Waals surface area contributed by atoms with Gasteiger partial charge in [0.1, 0.15) is 0 Å². The van der Waals surface area contributed by atoms with Gasteiger partial charge in [0.25, 0.3) is 0 Å². The Kier molecular flexibility index (Phi) is 6.16. The Hall–Kier alpha value is -1.10. The number of rotatable bonds is 7. The number of primary amides is 1. The van der Waals surface area contributed by atoms with Crippen molar-refractivity contribution in [2.45, 2.75) is 40.7 Å². The predicted molar refractivity (Wildman–Crippen MR) is 68.3 cm³/mol. The van der Waals surface area contributed by atoms with Crippen LogP contribution in [-0.4, -0.2) is 30.9 Å². The molecule has 0 aliphatic carbocycles. The summed E-state index contributed by atoms with van der Waals surface area (Å²) in [6.07, 6.45) is 0. The van der Waals surface area contributed by atoms with Crippen LogP contribution in [0.25, 0.3) is 0 Å². The first-order valence-corrected chi connectivity index (χ1v) is 5.97. The van der Waals surface area contributed by atoms with E-state index in [1.165, 1.54) is 0 Å². The minimum Gasteiger partial charge on any atom is -0.369 e. The Morgan fingerprint density at radius 2 is 1.76 bits per heavy atom. The topological polar surface area (TPSA) is 84.2 Å². The quantitative estimate of drug-likeness (QED) is 0.599. The van der Waals surface area contributed by atoms with E-state index in [0.717, 1.165) is 0 Å². The van der Waals surface area contributed by atoms with Gasteiger partial charge in [-0.15, -0.1) is 0 Å². The van der Waals surface area contributed by atoms with E-state index in [9.17, 15) is 9.59 Å². The number of carbonyl (C=O) groups is 2. The summed E-state index contributed by atoms with van der Waals surface area (Å²) in [5, 5.41) is 5.82. The number of amides is 2. The molecule has 4 N–H and O–H groups in total. The van der Waals surface area contributed by atoms with Crippen molar-refractivity contribution in [2.24, 2.45) is 17.1 Å². The van der Waals surface area contributed by atoms with Gasteiger partial charge in [0.05, 0.1) is 12.0 Å². The zero-order valence-corrected chi connectivity index (χ0v) is 11.5. The lowest BCUT2D eigenvalue weighted by atomic mass is 9.93. The van der Waals surface area contributed by atoms with Crippen LogP contribution in [0.1, 0.15) is 34.6 Å². The maximum Gasteiger partial charge on any atom is 0.234 e. The molecule has 0 aromatic heterocycles. The van der Waals surface area contributed by atoms with Crippen molar-refractivity contribution in [3.63, 3.8) is 0 Å². The van der Waals surface area contributed by atoms with E-state index < -0.39 is 5.41 Å². The molecule has 0 aromatic carbocycles. The summed E-state index contributed by atoms with van der Waals surface area (Å²) >= 11 is 0. The van der Waals surface area contributed by atoms with Crippen LogP contribution in [0, 0.1) is 11.3 Å². The average Bonchev–Trinajstić information content (AvgIpc) is 2.16. The van der Waals surface area contributed by atoms with Crippen molar-refractivity contribution in [2.75, 3.05) is 13.1 Å². The van der Waals surface area contributed by atoms with E-state index in [2.05, 4.69) is 24.5 Å². The summed E-state index contributed by atoms with van der Waals surface area (Å²) in [6.45, 7) is 10.2. The Bertz CT molecular complexity index is 275. The normalized spacial score (nSPS) is 13.5. The van der Waals surface area contributed by atoms with Gasteiger partial charge in [-0.05, 0) is 26.7 Å². The van der Waals surface area contributed by atoms with Crippen LogP contribution < -0.4 is 16.4 Å². The molecule has 0 heterocycles. The van der Waals surface area contributed by atoms with E-state index in [1.807, 2.05) is 6.92 Å². The summed E-state index contributed by atoms with van der Waals surface area (Å²) in [6, 6.07) is 0.147. The van der Waals surface area contributed by atoms with Crippen LogP contribution in [0.3, 0.4) is 0 Å². The van der Waals surface area contributed by atoms with Gasteiger partial charge < -0.3 is 16.4 Å². The zero-order valence-electron chi connectivity index (χ0n) is 11.5. The standard InChI is InChI=1S/C12H25N3O2/c1-8(2)9(3)15-10(16)6-14-7-12(4,5)11(13)17/h8-9,14H,6-7H2,1-5H3,(H2,13,17)(H,15,16). The third kappa shape index (κ3) is 6.26. The monoisotopic (exact) mass is 243 g/mol. The number of hydrogen-bond acceptors (Lipinski definition) is 3. The fourth-order valence-corrected chi connectivity index (χ4v) is 1.05. The van der Waals surface area contributed by atoms with Crippen molar-refractivity contribution >= 4 is 11.8 Å². The van der Waals surface area contributed by atoms with Crippen molar-refractivity contribution in [3.05, 3.63) is 0 Å². The van der Waals surface area contributed by atoms with Gasteiger partial charge in [-0.3, -0.25) is 9.59 Å².